The Morgan fingerprint density at radius 1 is 0.962 bits per heavy atom. The van der Waals surface area contributed by atoms with E-state index in [0.29, 0.717) is 11.4 Å². The number of rotatable bonds is 4. The third kappa shape index (κ3) is 3.58. The second-order valence-corrected chi connectivity index (χ2v) is 7.63. The second kappa shape index (κ2) is 6.86. The van der Waals surface area contributed by atoms with Gasteiger partial charge in [-0.1, -0.05) is 38.1 Å². The molecule has 0 bridgehead atoms. The molecule has 0 aliphatic heterocycles. The highest BCUT2D eigenvalue weighted by atomic mass is 32.2. The van der Waals surface area contributed by atoms with Crippen molar-refractivity contribution < 1.29 is 18.1 Å². The van der Waals surface area contributed by atoms with E-state index in [1.165, 1.54) is 24.3 Å². The molecule has 0 atom stereocenters. The molecule has 3 rings (SSSR count). The molecule has 0 fully saturated rings. The van der Waals surface area contributed by atoms with Crippen LogP contribution in [-0.4, -0.2) is 18.1 Å². The van der Waals surface area contributed by atoms with Crippen molar-refractivity contribution >= 4 is 32.3 Å². The molecule has 0 unspecified atom stereocenters. The molecule has 0 aromatic heterocycles. The minimum absolute atomic E-state index is 0.0806. The fourth-order valence-electron chi connectivity index (χ4n) is 2.67. The van der Waals surface area contributed by atoms with Crippen LogP contribution in [0, 0.1) is 0 Å². The van der Waals surface area contributed by atoms with E-state index >= 15 is 0 Å². The highest BCUT2D eigenvalue weighted by Gasteiger charge is 2.15. The molecule has 134 valence electrons. The summed E-state index contributed by atoms with van der Waals surface area (Å²) in [4.78, 5) is -0.216. The minimum atomic E-state index is -4.25. The number of hydrogen-bond donors (Lipinski definition) is 2. The van der Waals surface area contributed by atoms with Crippen molar-refractivity contribution in [2.24, 2.45) is 10.2 Å². The first kappa shape index (κ1) is 18.0. The predicted molar refractivity (Wildman–Crippen MR) is 100 cm³/mol. The Morgan fingerprint density at radius 3 is 2.23 bits per heavy atom. The van der Waals surface area contributed by atoms with Gasteiger partial charge in [0.25, 0.3) is 10.1 Å². The van der Waals surface area contributed by atoms with Crippen LogP contribution in [0.4, 0.5) is 11.4 Å². The van der Waals surface area contributed by atoms with Crippen LogP contribution in [-0.2, 0) is 10.1 Å². The van der Waals surface area contributed by atoms with Gasteiger partial charge in [0.05, 0.1) is 10.6 Å². The second-order valence-electron chi connectivity index (χ2n) is 6.21. The van der Waals surface area contributed by atoms with Crippen LogP contribution in [0.25, 0.3) is 10.8 Å². The topological polar surface area (TPSA) is 99.3 Å². The van der Waals surface area contributed by atoms with Crippen LogP contribution in [0.3, 0.4) is 0 Å². The van der Waals surface area contributed by atoms with Gasteiger partial charge >= 0.3 is 0 Å². The molecular formula is C19H18N2O4S. The molecule has 2 N–H and O–H groups in total. The normalized spacial score (nSPS) is 12.3. The third-order valence-electron chi connectivity index (χ3n) is 4.05. The fourth-order valence-corrected chi connectivity index (χ4v) is 3.15. The Morgan fingerprint density at radius 2 is 1.62 bits per heavy atom. The van der Waals surface area contributed by atoms with Gasteiger partial charge in [-0.25, -0.2) is 0 Å². The average molecular weight is 370 g/mol. The van der Waals surface area contributed by atoms with Gasteiger partial charge in [0, 0.05) is 5.39 Å². The van der Waals surface area contributed by atoms with Crippen LogP contribution in [0.2, 0.25) is 0 Å². The molecule has 0 heterocycles. The maximum absolute atomic E-state index is 11.1. The number of benzene rings is 3. The molecule has 0 saturated heterocycles. The molecule has 3 aromatic carbocycles. The van der Waals surface area contributed by atoms with Crippen LogP contribution >= 0.6 is 0 Å². The predicted octanol–water partition coefficient (Wildman–Crippen LogP) is 5.33. The van der Waals surface area contributed by atoms with E-state index in [1.807, 2.05) is 44.2 Å². The number of fused-ring (bicyclic) bond motifs is 1. The summed E-state index contributed by atoms with van der Waals surface area (Å²) in [5.41, 5.74) is 1.54. The zero-order valence-electron chi connectivity index (χ0n) is 14.3. The lowest BCUT2D eigenvalue weighted by Crippen LogP contribution is -1.96. The van der Waals surface area contributed by atoms with Crippen molar-refractivity contribution in [1.82, 2.24) is 0 Å². The van der Waals surface area contributed by atoms with E-state index in [-0.39, 0.29) is 16.6 Å². The molecule has 0 radical (unpaired) electrons. The first-order valence-corrected chi connectivity index (χ1v) is 9.45. The number of phenols is 1. The monoisotopic (exact) mass is 370 g/mol. The smallest absolute Gasteiger partial charge is 0.294 e. The van der Waals surface area contributed by atoms with Crippen LogP contribution in [0.1, 0.15) is 25.3 Å². The number of hydrogen-bond acceptors (Lipinski definition) is 5. The maximum atomic E-state index is 11.1. The summed E-state index contributed by atoms with van der Waals surface area (Å²) in [7, 11) is -4.25. The van der Waals surface area contributed by atoms with Gasteiger partial charge in [0.2, 0.25) is 0 Å². The van der Waals surface area contributed by atoms with Crippen molar-refractivity contribution in [1.29, 1.82) is 0 Å². The lowest BCUT2D eigenvalue weighted by atomic mass is 9.96. The summed E-state index contributed by atoms with van der Waals surface area (Å²) in [6.45, 7) is 3.97. The quantitative estimate of drug-likeness (QED) is 0.479. The van der Waals surface area contributed by atoms with E-state index in [4.69, 9.17) is 4.55 Å². The molecule has 6 nitrogen and oxygen atoms in total. The Bertz CT molecular complexity index is 1090. The van der Waals surface area contributed by atoms with E-state index in [1.54, 1.807) is 0 Å². The first-order chi connectivity index (χ1) is 12.3. The summed E-state index contributed by atoms with van der Waals surface area (Å²) < 4.78 is 31.2. The zero-order valence-corrected chi connectivity index (χ0v) is 15.1. The lowest BCUT2D eigenvalue weighted by Gasteiger charge is -2.12. The summed E-state index contributed by atoms with van der Waals surface area (Å²) in [6.07, 6.45) is 0. The van der Waals surface area contributed by atoms with Crippen molar-refractivity contribution in [2.75, 3.05) is 0 Å². The van der Waals surface area contributed by atoms with Crippen molar-refractivity contribution in [3.8, 4) is 5.75 Å². The molecule has 0 aliphatic carbocycles. The van der Waals surface area contributed by atoms with Crippen molar-refractivity contribution in [2.45, 2.75) is 24.7 Å². The standard InChI is InChI=1S/C19H18N2O4S/c1-12(2)17-11-13-5-3-4-6-16(13)18(19(17)22)21-20-14-7-9-15(10-8-14)26(23,24)25/h3-12,22H,1-2H3,(H,23,24,25). The summed E-state index contributed by atoms with van der Waals surface area (Å²) >= 11 is 0. The van der Waals surface area contributed by atoms with E-state index in [0.717, 1.165) is 16.3 Å². The molecule has 0 aliphatic rings. The van der Waals surface area contributed by atoms with Gasteiger partial charge in [0.1, 0.15) is 11.4 Å². The maximum Gasteiger partial charge on any atom is 0.294 e. The Labute approximate surface area is 151 Å². The van der Waals surface area contributed by atoms with Crippen LogP contribution in [0.5, 0.6) is 5.75 Å². The molecule has 3 aromatic rings. The van der Waals surface area contributed by atoms with E-state index < -0.39 is 10.1 Å². The van der Waals surface area contributed by atoms with Gasteiger partial charge in [-0.15, -0.1) is 5.11 Å². The number of azo groups is 1. The number of nitrogens with zero attached hydrogens (tertiary/aromatic N) is 2. The Hall–Kier alpha value is -2.77. The average Bonchev–Trinajstić information content (AvgIpc) is 2.60. The lowest BCUT2D eigenvalue weighted by molar-refractivity contribution is 0.467. The summed E-state index contributed by atoms with van der Waals surface area (Å²) in [6, 6.07) is 14.9. The molecule has 0 amide bonds. The SMILES string of the molecule is CC(C)c1cc2ccccc2c(N=Nc2ccc(S(=O)(=O)O)cc2)c1O. The largest absolute Gasteiger partial charge is 0.505 e. The van der Waals surface area contributed by atoms with Gasteiger partial charge in [-0.3, -0.25) is 4.55 Å². The van der Waals surface area contributed by atoms with Crippen LogP contribution in [0.15, 0.2) is 69.7 Å². The van der Waals surface area contributed by atoms with Gasteiger partial charge in [-0.2, -0.15) is 13.5 Å². The van der Waals surface area contributed by atoms with Crippen LogP contribution < -0.4 is 0 Å². The van der Waals surface area contributed by atoms with E-state index in [9.17, 15) is 13.5 Å². The van der Waals surface area contributed by atoms with Crippen molar-refractivity contribution in [3.63, 3.8) is 0 Å². The molecule has 0 spiro atoms. The van der Waals surface area contributed by atoms with Gasteiger partial charge < -0.3 is 5.11 Å². The highest BCUT2D eigenvalue weighted by molar-refractivity contribution is 7.85. The van der Waals surface area contributed by atoms with Gasteiger partial charge in [-0.05, 0) is 47.2 Å². The third-order valence-corrected chi connectivity index (χ3v) is 4.91. The molecule has 26 heavy (non-hydrogen) atoms. The molecule has 0 saturated carbocycles. The number of phenolic OH excluding ortho intramolecular Hbond substituents is 1. The fraction of sp³-hybridized carbons (Fsp3) is 0.158. The first-order valence-electron chi connectivity index (χ1n) is 8.01. The summed E-state index contributed by atoms with van der Waals surface area (Å²) in [5, 5.41) is 20.6. The summed E-state index contributed by atoms with van der Waals surface area (Å²) in [5.74, 6) is 0.194. The van der Waals surface area contributed by atoms with E-state index in [2.05, 4.69) is 10.2 Å². The minimum Gasteiger partial charge on any atom is -0.505 e. The molecule has 7 heteroatoms. The zero-order chi connectivity index (χ0) is 18.9. The van der Waals surface area contributed by atoms with Crippen molar-refractivity contribution in [3.05, 3.63) is 60.2 Å². The Kier molecular flexibility index (Phi) is 4.76. The van der Waals surface area contributed by atoms with Gasteiger partial charge in [0.15, 0.2) is 0 Å². The highest BCUT2D eigenvalue weighted by Crippen LogP contribution is 2.41. The number of aromatic hydroxyl groups is 1. The Balaban J connectivity index is 2.08. The molecular weight excluding hydrogens is 352 g/mol.